The summed E-state index contributed by atoms with van der Waals surface area (Å²) in [5.74, 6) is 1.13. The Labute approximate surface area is 560 Å². The van der Waals surface area contributed by atoms with Gasteiger partial charge in [-0.2, -0.15) is 12.1 Å². The molecular formula is C84H84N4OPt+2. The van der Waals surface area contributed by atoms with Crippen LogP contribution in [-0.2, 0) is 53.6 Å². The second kappa shape index (κ2) is 22.6. The smallest absolute Gasteiger partial charge is 0.509 e. The number of ether oxygens (including phenoxy) is 1. The second-order valence-corrected chi connectivity index (χ2v) is 29.9. The molecule has 0 saturated heterocycles. The van der Waals surface area contributed by atoms with Crippen LogP contribution in [0.1, 0.15) is 168 Å². The monoisotopic (exact) mass is 1370 g/mol. The van der Waals surface area contributed by atoms with Gasteiger partial charge in [0.25, 0.3) is 11.4 Å². The van der Waals surface area contributed by atoms with Crippen LogP contribution in [0.5, 0.6) is 11.5 Å². The van der Waals surface area contributed by atoms with Gasteiger partial charge in [0.1, 0.15) is 11.5 Å². The van der Waals surface area contributed by atoms with Crippen LogP contribution in [0.2, 0.25) is 0 Å². The van der Waals surface area contributed by atoms with Gasteiger partial charge in [0.2, 0.25) is 5.69 Å². The molecule has 0 fully saturated rings. The molecule has 11 aromatic rings. The molecule has 5 nitrogen and oxygen atoms in total. The van der Waals surface area contributed by atoms with E-state index < -0.39 is 5.41 Å². The summed E-state index contributed by atoms with van der Waals surface area (Å²) >= 11 is 0. The predicted molar refractivity (Wildman–Crippen MR) is 375 cm³/mol. The van der Waals surface area contributed by atoms with E-state index in [2.05, 4.69) is 177 Å². The van der Waals surface area contributed by atoms with Crippen molar-refractivity contribution >= 4 is 50.6 Å². The van der Waals surface area contributed by atoms with Crippen LogP contribution in [0.25, 0.3) is 72.1 Å². The van der Waals surface area contributed by atoms with Gasteiger partial charge in [0, 0.05) is 40.9 Å². The van der Waals surface area contributed by atoms with Gasteiger partial charge in [-0.3, -0.25) is 0 Å². The molecule has 9 aromatic carbocycles. The fourth-order valence-corrected chi connectivity index (χ4v) is 12.8. The number of fused-ring (bicyclic) bond motifs is 5. The first-order valence-electron chi connectivity index (χ1n) is 35.2. The molecule has 90 heavy (non-hydrogen) atoms. The maximum absolute atomic E-state index is 9.97. The van der Waals surface area contributed by atoms with Gasteiger partial charge in [0.05, 0.1) is 22.1 Å². The molecule has 0 unspecified atom stereocenters. The van der Waals surface area contributed by atoms with Crippen LogP contribution >= 0.6 is 0 Å². The van der Waals surface area contributed by atoms with Gasteiger partial charge >= 0.3 is 27.1 Å². The number of benzene rings is 9. The molecule has 0 amide bonds. The molecule has 3 heterocycles. The topological polar surface area (TPSA) is 33.1 Å². The largest absolute Gasteiger partial charge is 2.00 e. The van der Waals surface area contributed by atoms with Crippen LogP contribution in [-0.4, -0.2) is 15.6 Å². The Morgan fingerprint density at radius 1 is 0.500 bits per heavy atom. The number of aromatic nitrogens is 2. The normalized spacial score (nSPS) is 15.9. The maximum atomic E-state index is 9.97. The van der Waals surface area contributed by atoms with Gasteiger partial charge in [0.15, 0.2) is 0 Å². The van der Waals surface area contributed by atoms with Crippen molar-refractivity contribution in [2.75, 3.05) is 0 Å². The summed E-state index contributed by atoms with van der Waals surface area (Å²) in [4.78, 5) is 5.20. The van der Waals surface area contributed by atoms with Crippen LogP contribution in [0.15, 0.2) is 194 Å². The molecule has 2 aliphatic rings. The third kappa shape index (κ3) is 11.5. The molecule has 6 heteroatoms. The minimum absolute atomic E-state index is 0. The molecule has 454 valence electrons. The van der Waals surface area contributed by atoms with E-state index in [9.17, 15) is 8.22 Å². The third-order valence-corrected chi connectivity index (χ3v) is 18.3. The van der Waals surface area contributed by atoms with E-state index >= 15 is 0 Å². The van der Waals surface area contributed by atoms with Crippen LogP contribution in [0.4, 0.5) is 22.7 Å². The summed E-state index contributed by atoms with van der Waals surface area (Å²) in [5.41, 5.74) is 14.5. The maximum Gasteiger partial charge on any atom is 2.00 e. The predicted octanol–water partition coefficient (Wildman–Crippen LogP) is 22.6. The third-order valence-electron chi connectivity index (χ3n) is 18.3. The number of para-hydroxylation sites is 3. The summed E-state index contributed by atoms with van der Waals surface area (Å²) in [6, 6.07) is 55.6. The molecule has 0 spiro atoms. The van der Waals surface area contributed by atoms with E-state index in [-0.39, 0.29) is 113 Å². The Morgan fingerprint density at radius 2 is 1.09 bits per heavy atom. The zero-order chi connectivity index (χ0) is 69.7. The van der Waals surface area contributed by atoms with E-state index in [1.165, 1.54) is 11.1 Å². The molecule has 0 bridgehead atoms. The van der Waals surface area contributed by atoms with Gasteiger partial charge in [-0.05, 0) is 141 Å². The van der Waals surface area contributed by atoms with Crippen molar-refractivity contribution in [1.82, 2.24) is 18.7 Å². The van der Waals surface area contributed by atoms with Crippen LogP contribution in [0.3, 0.4) is 0 Å². The zero-order valence-corrected chi connectivity index (χ0v) is 57.1. The van der Waals surface area contributed by atoms with Crippen molar-refractivity contribution in [3.63, 3.8) is 0 Å². The summed E-state index contributed by atoms with van der Waals surface area (Å²) in [6.45, 7) is 35.6. The van der Waals surface area contributed by atoms with Crippen molar-refractivity contribution in [1.29, 1.82) is 0 Å². The van der Waals surface area contributed by atoms with Crippen molar-refractivity contribution in [3.05, 3.63) is 240 Å². The van der Waals surface area contributed by atoms with Crippen molar-refractivity contribution < 1.29 is 36.8 Å². The van der Waals surface area contributed by atoms with E-state index in [1.54, 1.807) is 10.6 Å². The fraction of sp³-hybridized carbons (Fsp3) is 0.286. The SMILES string of the molecule is [2H]c1c([2H])c(-c2cc(C(C)(C)C)cc(-c3cc(C(C)(C)C)cc(C(C)(C)C)c3)c2[N+]2=C=[N+](c3[c-]c(Oc4[c-]c5c(cc4)c4c([2H])c([2H])c([2H])c([2H])c4n5-c4cc(C(C)(C)C)c(-c5ccc6c(c5)C(C)(C)CCC6(C)C)cn4)ccc3)c3ccccc32)c([2H])c([2H])c1-c1ccccc1.[Pt+2]. The molecule has 0 saturated carbocycles. The molecule has 2 aromatic heterocycles. The Balaban J connectivity index is 0.00000914. The molecule has 1 aliphatic heterocycles. The standard InChI is InChI=1S/C84H84N4O.Pt/c1-79(2,3)59-43-58(44-60(46-59)80(4,5)6)68-48-61(81(7,8)9)47-67(56-35-33-55(34-36-56)54-25-18-17-19-26-54)78(68)87-53-86(74-31-22-23-32-75(74)87)62-27-24-28-63(49-62)89-64-38-39-66-65-29-20-21-30-73(65)88(76(66)50-64)77-51-71(82(10,11)12)69(52-85-77)57-37-40-70-72(45-57)84(15,16)42-41-83(70,13)14;/h17-40,43-48,51-52H,41-42H2,1-16H3;/q;+2/i20D,21D,29D,30D,33D,34D,35D,36D;. The number of hydrogen-bond donors (Lipinski definition) is 0. The second-order valence-electron chi connectivity index (χ2n) is 29.9. The Hall–Kier alpha value is -8.20. The first kappa shape index (κ1) is 52.6. The molecule has 0 atom stereocenters. The molecule has 1 aliphatic carbocycles. The first-order chi connectivity index (χ1) is 45.4. The Bertz CT molecular complexity index is 5140. The molecule has 13 rings (SSSR count). The zero-order valence-electron chi connectivity index (χ0n) is 62.8. The summed E-state index contributed by atoms with van der Waals surface area (Å²) in [5, 5.41) is 0.906. The first-order valence-corrected chi connectivity index (χ1v) is 31.2. The Kier molecular flexibility index (Phi) is 13.2. The number of pyridine rings is 1. The van der Waals surface area contributed by atoms with Crippen LogP contribution in [0, 0.1) is 12.1 Å². The van der Waals surface area contributed by atoms with E-state index in [4.69, 9.17) is 12.5 Å². The van der Waals surface area contributed by atoms with Gasteiger partial charge in [-0.1, -0.05) is 254 Å². The number of rotatable bonds is 9. The average molecular weight is 1370 g/mol. The van der Waals surface area contributed by atoms with Crippen LogP contribution < -0.4 is 13.9 Å². The quantitative estimate of drug-likeness (QED) is 0.107. The van der Waals surface area contributed by atoms with E-state index in [0.29, 0.717) is 56.1 Å². The minimum atomic E-state index is -0.433. The van der Waals surface area contributed by atoms with E-state index in [1.807, 2.05) is 100 Å². The molecular weight excluding hydrogens is 1280 g/mol. The number of hydrogen-bond acceptors (Lipinski definition) is 2. The van der Waals surface area contributed by atoms with Crippen molar-refractivity contribution in [2.45, 2.75) is 156 Å². The number of nitrogens with zero attached hydrogens (tertiary/aromatic N) is 4. The Morgan fingerprint density at radius 3 is 1.74 bits per heavy atom. The fourth-order valence-electron chi connectivity index (χ4n) is 12.8. The minimum Gasteiger partial charge on any atom is -0.509 e. The molecule has 0 radical (unpaired) electrons. The molecule has 0 N–H and O–H groups in total. The van der Waals surface area contributed by atoms with E-state index in [0.717, 1.165) is 68.7 Å². The van der Waals surface area contributed by atoms with Crippen molar-refractivity contribution in [2.24, 2.45) is 0 Å². The van der Waals surface area contributed by atoms with Crippen molar-refractivity contribution in [3.8, 4) is 61.8 Å². The summed E-state index contributed by atoms with van der Waals surface area (Å²) in [7, 11) is 0. The van der Waals surface area contributed by atoms with Gasteiger partial charge in [-0.15, -0.1) is 23.6 Å². The average Bonchev–Trinajstić information content (AvgIpc) is 1.49. The van der Waals surface area contributed by atoms with Gasteiger partial charge < -0.3 is 9.30 Å². The summed E-state index contributed by atoms with van der Waals surface area (Å²) in [6.07, 6.45) is 4.10. The van der Waals surface area contributed by atoms with Gasteiger partial charge in [-0.25, -0.2) is 4.98 Å². The summed E-state index contributed by atoms with van der Waals surface area (Å²) < 4.78 is 88.4.